The van der Waals surface area contributed by atoms with Crippen LogP contribution in [0, 0.1) is 10.8 Å². The third-order valence-electron chi connectivity index (χ3n) is 5.76. The molecule has 0 bridgehead atoms. The Hall–Kier alpha value is -0.0400. The summed E-state index contributed by atoms with van der Waals surface area (Å²) in [6.07, 6.45) is 10.5. The molecule has 0 spiro atoms. The summed E-state index contributed by atoms with van der Waals surface area (Å²) in [5, 5.41) is 7.03. The standard InChI is InChI=1S/C18H35N3O.HI/c1-4-17(8-6-7-9-17)14-20-16(19-5-2)21-15-18(10-11-18)12-13-22-3;/h4-15H2,1-3H3,(H2,19,20,21);1H. The molecule has 23 heavy (non-hydrogen) atoms. The molecule has 2 aliphatic carbocycles. The van der Waals surface area contributed by atoms with Gasteiger partial charge in [0.05, 0.1) is 0 Å². The van der Waals surface area contributed by atoms with Gasteiger partial charge in [-0.25, -0.2) is 0 Å². The summed E-state index contributed by atoms with van der Waals surface area (Å²) in [5.74, 6) is 1.01. The summed E-state index contributed by atoms with van der Waals surface area (Å²) in [6, 6.07) is 0. The number of nitrogens with zero attached hydrogens (tertiary/aromatic N) is 1. The van der Waals surface area contributed by atoms with Gasteiger partial charge >= 0.3 is 0 Å². The number of halogens is 1. The average molecular weight is 437 g/mol. The lowest BCUT2D eigenvalue weighted by molar-refractivity contribution is 0.174. The van der Waals surface area contributed by atoms with E-state index < -0.39 is 0 Å². The lowest BCUT2D eigenvalue weighted by Gasteiger charge is -2.28. The minimum absolute atomic E-state index is 0. The Labute approximate surface area is 159 Å². The summed E-state index contributed by atoms with van der Waals surface area (Å²) in [5.41, 5.74) is 0.928. The van der Waals surface area contributed by atoms with Gasteiger partial charge in [0.25, 0.3) is 0 Å². The highest BCUT2D eigenvalue weighted by molar-refractivity contribution is 14.0. The molecule has 136 valence electrons. The van der Waals surface area contributed by atoms with Gasteiger partial charge in [0.15, 0.2) is 5.96 Å². The van der Waals surface area contributed by atoms with Crippen molar-refractivity contribution in [2.45, 2.75) is 65.2 Å². The van der Waals surface area contributed by atoms with Crippen molar-refractivity contribution in [3.05, 3.63) is 0 Å². The molecule has 0 aromatic carbocycles. The summed E-state index contributed by atoms with van der Waals surface area (Å²) < 4.78 is 5.24. The summed E-state index contributed by atoms with van der Waals surface area (Å²) in [4.78, 5) is 4.87. The van der Waals surface area contributed by atoms with Gasteiger partial charge < -0.3 is 15.4 Å². The van der Waals surface area contributed by atoms with Crippen molar-refractivity contribution in [2.24, 2.45) is 15.8 Å². The minimum atomic E-state index is 0. The van der Waals surface area contributed by atoms with Crippen LogP contribution in [-0.2, 0) is 4.74 Å². The fraction of sp³-hybridized carbons (Fsp3) is 0.944. The van der Waals surface area contributed by atoms with Crippen molar-refractivity contribution >= 4 is 29.9 Å². The predicted molar refractivity (Wildman–Crippen MR) is 109 cm³/mol. The first kappa shape index (κ1) is 21.0. The van der Waals surface area contributed by atoms with Crippen LogP contribution in [0.15, 0.2) is 4.99 Å². The zero-order valence-corrected chi connectivity index (χ0v) is 17.6. The Morgan fingerprint density at radius 1 is 1.04 bits per heavy atom. The third kappa shape index (κ3) is 6.40. The predicted octanol–water partition coefficient (Wildman–Crippen LogP) is 3.95. The van der Waals surface area contributed by atoms with Crippen LogP contribution >= 0.6 is 24.0 Å². The van der Waals surface area contributed by atoms with Crippen LogP contribution < -0.4 is 10.6 Å². The SMILES string of the molecule is CCNC(=NCC1(CCOC)CC1)NCC1(CC)CCCC1.I. The molecule has 0 atom stereocenters. The lowest BCUT2D eigenvalue weighted by atomic mass is 9.83. The second-order valence-electron chi connectivity index (χ2n) is 7.35. The van der Waals surface area contributed by atoms with Gasteiger partial charge in [-0.15, -0.1) is 24.0 Å². The maximum Gasteiger partial charge on any atom is 0.191 e. The van der Waals surface area contributed by atoms with Crippen LogP contribution in [0.4, 0.5) is 0 Å². The molecule has 0 saturated heterocycles. The van der Waals surface area contributed by atoms with Gasteiger partial charge in [-0.05, 0) is 56.3 Å². The Balaban J connectivity index is 0.00000264. The van der Waals surface area contributed by atoms with Gasteiger partial charge in [0, 0.05) is 33.4 Å². The van der Waals surface area contributed by atoms with Gasteiger partial charge in [0.2, 0.25) is 0 Å². The van der Waals surface area contributed by atoms with Crippen LogP contribution in [-0.4, -0.2) is 39.3 Å². The normalized spacial score (nSPS) is 21.6. The number of guanidine groups is 1. The summed E-state index contributed by atoms with van der Waals surface area (Å²) in [7, 11) is 1.79. The molecule has 0 aromatic heterocycles. The van der Waals surface area contributed by atoms with Crippen LogP contribution in [0.3, 0.4) is 0 Å². The third-order valence-corrected chi connectivity index (χ3v) is 5.76. The average Bonchev–Trinajstić information content (AvgIpc) is 3.16. The molecule has 0 radical (unpaired) electrons. The number of rotatable bonds is 9. The Morgan fingerprint density at radius 2 is 1.74 bits per heavy atom. The molecular weight excluding hydrogens is 401 g/mol. The Morgan fingerprint density at radius 3 is 2.26 bits per heavy atom. The number of methoxy groups -OCH3 is 1. The smallest absolute Gasteiger partial charge is 0.191 e. The number of nitrogens with one attached hydrogen (secondary N) is 2. The van der Waals surface area contributed by atoms with E-state index in [2.05, 4.69) is 24.5 Å². The van der Waals surface area contributed by atoms with Gasteiger partial charge in [-0.3, -0.25) is 4.99 Å². The first-order chi connectivity index (χ1) is 10.7. The van der Waals surface area contributed by atoms with Crippen LogP contribution in [0.25, 0.3) is 0 Å². The van der Waals surface area contributed by atoms with Crippen LogP contribution in [0.5, 0.6) is 0 Å². The van der Waals surface area contributed by atoms with E-state index in [4.69, 9.17) is 9.73 Å². The number of ether oxygens (including phenoxy) is 1. The van der Waals surface area contributed by atoms with Gasteiger partial charge in [-0.1, -0.05) is 19.8 Å². The maximum atomic E-state index is 5.24. The van der Waals surface area contributed by atoms with Crippen molar-refractivity contribution in [1.82, 2.24) is 10.6 Å². The highest BCUT2D eigenvalue weighted by Crippen LogP contribution is 2.49. The molecule has 4 nitrogen and oxygen atoms in total. The van der Waals surface area contributed by atoms with Crippen LogP contribution in [0.2, 0.25) is 0 Å². The van der Waals surface area contributed by atoms with Crippen molar-refractivity contribution in [1.29, 1.82) is 0 Å². The lowest BCUT2D eigenvalue weighted by Crippen LogP contribution is -2.43. The van der Waals surface area contributed by atoms with Gasteiger partial charge in [-0.2, -0.15) is 0 Å². The molecule has 0 aromatic rings. The van der Waals surface area contributed by atoms with E-state index in [1.807, 2.05) is 0 Å². The van der Waals surface area contributed by atoms with Gasteiger partial charge in [0.1, 0.15) is 0 Å². The van der Waals surface area contributed by atoms with Crippen molar-refractivity contribution < 1.29 is 4.74 Å². The number of hydrogen-bond donors (Lipinski definition) is 2. The monoisotopic (exact) mass is 437 g/mol. The summed E-state index contributed by atoms with van der Waals surface area (Å²) >= 11 is 0. The van der Waals surface area contributed by atoms with E-state index in [0.29, 0.717) is 10.8 Å². The molecule has 0 heterocycles. The molecule has 5 heteroatoms. The molecule has 2 rings (SSSR count). The Kier molecular flexibility index (Phi) is 9.19. The molecule has 0 amide bonds. The summed E-state index contributed by atoms with van der Waals surface area (Å²) in [6.45, 7) is 8.26. The first-order valence-electron chi connectivity index (χ1n) is 9.19. The van der Waals surface area contributed by atoms with Crippen molar-refractivity contribution in [3.63, 3.8) is 0 Å². The second kappa shape index (κ2) is 10.1. The molecule has 2 N–H and O–H groups in total. The molecule has 2 saturated carbocycles. The quantitative estimate of drug-likeness (QED) is 0.326. The van der Waals surface area contributed by atoms with E-state index in [0.717, 1.165) is 38.6 Å². The van der Waals surface area contributed by atoms with Crippen molar-refractivity contribution in [2.75, 3.05) is 33.4 Å². The zero-order valence-electron chi connectivity index (χ0n) is 15.2. The fourth-order valence-electron chi connectivity index (χ4n) is 3.62. The van der Waals surface area contributed by atoms with E-state index in [1.165, 1.54) is 44.9 Å². The second-order valence-corrected chi connectivity index (χ2v) is 7.35. The molecule has 0 unspecified atom stereocenters. The van der Waals surface area contributed by atoms with E-state index in [1.54, 1.807) is 7.11 Å². The van der Waals surface area contributed by atoms with Crippen LogP contribution in [0.1, 0.15) is 65.2 Å². The first-order valence-corrected chi connectivity index (χ1v) is 9.19. The maximum absolute atomic E-state index is 5.24. The number of aliphatic imine (C=N–C) groups is 1. The minimum Gasteiger partial charge on any atom is -0.385 e. The largest absolute Gasteiger partial charge is 0.385 e. The highest BCUT2D eigenvalue weighted by atomic mass is 127. The van der Waals surface area contributed by atoms with Crippen molar-refractivity contribution in [3.8, 4) is 0 Å². The van der Waals surface area contributed by atoms with E-state index in [9.17, 15) is 0 Å². The number of hydrogen-bond acceptors (Lipinski definition) is 2. The highest BCUT2D eigenvalue weighted by Gasteiger charge is 2.42. The zero-order chi connectivity index (χ0) is 15.9. The topological polar surface area (TPSA) is 45.7 Å². The Bertz CT molecular complexity index is 363. The molecule has 2 aliphatic rings. The molecule has 0 aliphatic heterocycles. The molecule has 2 fully saturated rings. The van der Waals surface area contributed by atoms with E-state index >= 15 is 0 Å². The molecular formula is C18H36IN3O. The van der Waals surface area contributed by atoms with E-state index in [-0.39, 0.29) is 24.0 Å². The fourth-order valence-corrected chi connectivity index (χ4v) is 3.62.